The Hall–Kier alpha value is -4.04. The first-order valence-electron chi connectivity index (χ1n) is 13.1. The zero-order valence-electron chi connectivity index (χ0n) is 22.1. The molecule has 2 atom stereocenters. The molecule has 2 heterocycles. The summed E-state index contributed by atoms with van der Waals surface area (Å²) in [5, 5.41) is 7.68. The highest BCUT2D eigenvalue weighted by Crippen LogP contribution is 2.39. The van der Waals surface area contributed by atoms with Crippen molar-refractivity contribution >= 4 is 50.1 Å². The molecule has 8 heteroatoms. The van der Waals surface area contributed by atoms with Gasteiger partial charge in [0.05, 0.1) is 17.3 Å². The van der Waals surface area contributed by atoms with Crippen molar-refractivity contribution in [2.75, 3.05) is 7.11 Å². The van der Waals surface area contributed by atoms with Crippen molar-refractivity contribution < 1.29 is 9.53 Å². The van der Waals surface area contributed by atoms with Crippen molar-refractivity contribution in [2.24, 2.45) is 5.10 Å². The standard InChI is InChI=1S/C33H25BrClN3O3/c1-41-31(22-10-6-3-7-11-22)33(40)38-28(20-12-14-23(34)15-13-20)19-27(37-38)30-29(21-8-4-2-5-9-21)25-18-24(35)16-17-26(25)36-32(30)39/h2-18,28,31H,19H2,1H3,(H,36,39). The van der Waals surface area contributed by atoms with Gasteiger partial charge in [-0.3, -0.25) is 9.59 Å². The summed E-state index contributed by atoms with van der Waals surface area (Å²) >= 11 is 9.93. The topological polar surface area (TPSA) is 74.8 Å². The molecule has 0 saturated carbocycles. The van der Waals surface area contributed by atoms with Crippen molar-refractivity contribution in [3.63, 3.8) is 0 Å². The molecule has 6 rings (SSSR count). The molecule has 1 N–H and O–H groups in total. The molecule has 0 saturated heterocycles. The molecule has 0 bridgehead atoms. The number of hydrogen-bond acceptors (Lipinski definition) is 4. The number of carbonyl (C=O) groups is 1. The number of methoxy groups -OCH3 is 1. The molecule has 0 fully saturated rings. The minimum Gasteiger partial charge on any atom is -0.367 e. The number of aromatic amines is 1. The third-order valence-corrected chi connectivity index (χ3v) is 8.04. The molecule has 2 unspecified atom stereocenters. The summed E-state index contributed by atoms with van der Waals surface area (Å²) in [6, 6.07) is 31.8. The summed E-state index contributed by atoms with van der Waals surface area (Å²) < 4.78 is 6.61. The molecule has 0 radical (unpaired) electrons. The number of aromatic nitrogens is 1. The molecular weight excluding hydrogens is 602 g/mol. The van der Waals surface area contributed by atoms with Crippen LogP contribution in [0.3, 0.4) is 0 Å². The second kappa shape index (κ2) is 11.4. The Labute approximate surface area is 250 Å². The number of rotatable bonds is 6. The zero-order chi connectivity index (χ0) is 28.5. The summed E-state index contributed by atoms with van der Waals surface area (Å²) in [5.41, 5.74) is 4.50. The Balaban J connectivity index is 1.55. The minimum atomic E-state index is -0.862. The van der Waals surface area contributed by atoms with Gasteiger partial charge in [0.1, 0.15) is 0 Å². The van der Waals surface area contributed by atoms with E-state index in [9.17, 15) is 9.59 Å². The quantitative estimate of drug-likeness (QED) is 0.210. The van der Waals surface area contributed by atoms with E-state index >= 15 is 0 Å². The molecule has 0 aliphatic carbocycles. The number of nitrogens with one attached hydrogen (secondary N) is 1. The second-order valence-corrected chi connectivity index (χ2v) is 11.1. The van der Waals surface area contributed by atoms with Crippen LogP contribution in [0.4, 0.5) is 0 Å². The maximum absolute atomic E-state index is 14.1. The van der Waals surface area contributed by atoms with E-state index in [-0.39, 0.29) is 11.5 Å². The number of fused-ring (bicyclic) bond motifs is 1. The third-order valence-electron chi connectivity index (χ3n) is 7.28. The van der Waals surface area contributed by atoms with Crippen LogP contribution in [0.25, 0.3) is 22.0 Å². The van der Waals surface area contributed by atoms with Crippen molar-refractivity contribution in [2.45, 2.75) is 18.6 Å². The van der Waals surface area contributed by atoms with Gasteiger partial charge in [0, 0.05) is 39.5 Å². The van der Waals surface area contributed by atoms with Gasteiger partial charge in [-0.1, -0.05) is 100 Å². The van der Waals surface area contributed by atoms with Gasteiger partial charge in [-0.2, -0.15) is 5.10 Å². The first-order chi connectivity index (χ1) is 19.9. The molecule has 41 heavy (non-hydrogen) atoms. The monoisotopic (exact) mass is 625 g/mol. The molecule has 1 amide bonds. The van der Waals surface area contributed by atoms with Gasteiger partial charge in [0.15, 0.2) is 6.10 Å². The maximum atomic E-state index is 14.1. The lowest BCUT2D eigenvalue weighted by molar-refractivity contribution is -0.144. The molecule has 4 aromatic carbocycles. The predicted molar refractivity (Wildman–Crippen MR) is 166 cm³/mol. The fourth-order valence-electron chi connectivity index (χ4n) is 5.38. The number of amides is 1. The molecular formula is C33H25BrClN3O3. The van der Waals surface area contributed by atoms with Crippen LogP contribution in [0.15, 0.2) is 117 Å². The van der Waals surface area contributed by atoms with Gasteiger partial charge >= 0.3 is 0 Å². The Morgan fingerprint density at radius 3 is 2.34 bits per heavy atom. The second-order valence-electron chi connectivity index (χ2n) is 9.79. The van der Waals surface area contributed by atoms with Gasteiger partial charge in [0.25, 0.3) is 11.5 Å². The van der Waals surface area contributed by atoms with Crippen LogP contribution in [-0.2, 0) is 9.53 Å². The fourth-order valence-corrected chi connectivity index (χ4v) is 5.82. The summed E-state index contributed by atoms with van der Waals surface area (Å²) in [6.07, 6.45) is -0.521. The molecule has 5 aromatic rings. The van der Waals surface area contributed by atoms with Crippen molar-refractivity contribution in [1.82, 2.24) is 9.99 Å². The summed E-state index contributed by atoms with van der Waals surface area (Å²) in [4.78, 5) is 30.9. The number of hydrazone groups is 1. The first-order valence-corrected chi connectivity index (χ1v) is 14.3. The van der Waals surface area contributed by atoms with Crippen LogP contribution in [0.1, 0.15) is 35.3 Å². The molecule has 1 aliphatic heterocycles. The van der Waals surface area contributed by atoms with Gasteiger partial charge in [-0.05, 0) is 47.0 Å². The van der Waals surface area contributed by atoms with Crippen LogP contribution in [0, 0.1) is 0 Å². The fraction of sp³-hybridized carbons (Fsp3) is 0.121. The van der Waals surface area contributed by atoms with Crippen LogP contribution in [0.2, 0.25) is 5.02 Å². The number of H-pyrrole nitrogens is 1. The van der Waals surface area contributed by atoms with E-state index in [0.29, 0.717) is 28.2 Å². The zero-order valence-corrected chi connectivity index (χ0v) is 24.4. The van der Waals surface area contributed by atoms with Crippen molar-refractivity contribution in [1.29, 1.82) is 0 Å². The average molecular weight is 627 g/mol. The molecule has 204 valence electrons. The normalized spacial score (nSPS) is 15.6. The lowest BCUT2D eigenvalue weighted by Crippen LogP contribution is -2.32. The van der Waals surface area contributed by atoms with E-state index in [4.69, 9.17) is 21.4 Å². The van der Waals surface area contributed by atoms with E-state index in [2.05, 4.69) is 20.9 Å². The first kappa shape index (κ1) is 27.1. The van der Waals surface area contributed by atoms with E-state index in [1.165, 1.54) is 12.1 Å². The van der Waals surface area contributed by atoms with E-state index in [0.717, 1.165) is 32.1 Å². The Morgan fingerprint density at radius 2 is 1.66 bits per heavy atom. The molecule has 0 spiro atoms. The van der Waals surface area contributed by atoms with Crippen LogP contribution in [-0.4, -0.2) is 28.7 Å². The molecule has 6 nitrogen and oxygen atoms in total. The Bertz CT molecular complexity index is 1820. The smallest absolute Gasteiger partial charge is 0.276 e. The number of halogens is 2. The molecule has 1 aliphatic rings. The predicted octanol–water partition coefficient (Wildman–Crippen LogP) is 7.68. The van der Waals surface area contributed by atoms with Crippen LogP contribution < -0.4 is 5.56 Å². The Morgan fingerprint density at radius 1 is 0.976 bits per heavy atom. The highest BCUT2D eigenvalue weighted by atomic mass is 79.9. The Kier molecular flexibility index (Phi) is 7.58. The van der Waals surface area contributed by atoms with E-state index in [1.54, 1.807) is 12.1 Å². The van der Waals surface area contributed by atoms with Crippen LogP contribution in [0.5, 0.6) is 0 Å². The molecule has 1 aromatic heterocycles. The number of ether oxygens (including phenoxy) is 1. The number of hydrogen-bond donors (Lipinski definition) is 1. The van der Waals surface area contributed by atoms with Gasteiger partial charge < -0.3 is 9.72 Å². The third kappa shape index (κ3) is 5.24. The van der Waals surface area contributed by atoms with Crippen molar-refractivity contribution in [3.05, 3.63) is 140 Å². The summed E-state index contributed by atoms with van der Waals surface area (Å²) in [7, 11) is 1.51. The van der Waals surface area contributed by atoms with Gasteiger partial charge in [0.2, 0.25) is 0 Å². The lowest BCUT2D eigenvalue weighted by atomic mass is 9.91. The highest BCUT2D eigenvalue weighted by molar-refractivity contribution is 9.10. The number of pyridine rings is 1. The highest BCUT2D eigenvalue weighted by Gasteiger charge is 2.38. The largest absolute Gasteiger partial charge is 0.367 e. The van der Waals surface area contributed by atoms with E-state index < -0.39 is 12.1 Å². The maximum Gasteiger partial charge on any atom is 0.276 e. The van der Waals surface area contributed by atoms with Gasteiger partial charge in [-0.15, -0.1) is 0 Å². The van der Waals surface area contributed by atoms with Crippen LogP contribution >= 0.6 is 27.5 Å². The van der Waals surface area contributed by atoms with E-state index in [1.807, 2.05) is 91.0 Å². The number of benzene rings is 4. The van der Waals surface area contributed by atoms with Crippen molar-refractivity contribution in [3.8, 4) is 11.1 Å². The summed E-state index contributed by atoms with van der Waals surface area (Å²) in [6.45, 7) is 0. The lowest BCUT2D eigenvalue weighted by Gasteiger charge is -2.26. The van der Waals surface area contributed by atoms with Gasteiger partial charge in [-0.25, -0.2) is 5.01 Å². The minimum absolute atomic E-state index is 0.285. The average Bonchev–Trinajstić information content (AvgIpc) is 3.43. The SMILES string of the molecule is COC(C(=O)N1N=C(c2c(-c3ccccc3)c3cc(Cl)ccc3[nH]c2=O)CC1c1ccc(Br)cc1)c1ccccc1. The number of nitrogens with zero attached hydrogens (tertiary/aromatic N) is 2. The summed E-state index contributed by atoms with van der Waals surface area (Å²) in [5.74, 6) is -0.317. The number of carbonyl (C=O) groups excluding carboxylic acids is 1.